The van der Waals surface area contributed by atoms with Gasteiger partial charge in [0.25, 0.3) is 5.91 Å². The van der Waals surface area contributed by atoms with Crippen LogP contribution in [0.3, 0.4) is 0 Å². The van der Waals surface area contributed by atoms with E-state index in [1.807, 2.05) is 13.0 Å². The van der Waals surface area contributed by atoms with Crippen molar-refractivity contribution in [2.45, 2.75) is 32.2 Å². The highest BCUT2D eigenvalue weighted by atomic mass is 16.2. The molecule has 0 unspecified atom stereocenters. The molecular formula is C16H23N3O. The molecule has 2 aliphatic heterocycles. The van der Waals surface area contributed by atoms with Gasteiger partial charge < -0.3 is 9.80 Å². The van der Waals surface area contributed by atoms with Crippen LogP contribution in [-0.4, -0.2) is 53.4 Å². The first kappa shape index (κ1) is 13.6. The molecule has 4 nitrogen and oxygen atoms in total. The summed E-state index contributed by atoms with van der Waals surface area (Å²) in [6.45, 7) is 4.86. The Morgan fingerprint density at radius 3 is 2.95 bits per heavy atom. The number of carbonyl (C=O) groups excluding carboxylic acids is 1. The number of nitrogens with zero attached hydrogens (tertiary/aromatic N) is 3. The molecule has 1 aromatic rings. The highest BCUT2D eigenvalue weighted by molar-refractivity contribution is 5.95. The summed E-state index contributed by atoms with van der Waals surface area (Å²) in [6, 6.07) is 2.37. The average Bonchev–Trinajstić information content (AvgIpc) is 2.67. The number of carbonyl (C=O) groups is 1. The normalized spacial score (nSPS) is 27.2. The number of aryl methyl sites for hydroxylation is 1. The highest BCUT2D eigenvalue weighted by Crippen LogP contribution is 2.26. The van der Waals surface area contributed by atoms with Gasteiger partial charge in [-0.15, -0.1) is 0 Å². The number of rotatable bonds is 1. The Hall–Kier alpha value is -1.42. The van der Waals surface area contributed by atoms with Gasteiger partial charge in [-0.05, 0) is 44.4 Å². The Balaban J connectivity index is 1.84. The number of likely N-dealkylation sites (tertiary alicyclic amines) is 1. The molecule has 2 fully saturated rings. The number of hydrogen-bond donors (Lipinski definition) is 0. The maximum Gasteiger partial charge on any atom is 0.254 e. The quantitative estimate of drug-likeness (QED) is 0.784. The molecule has 0 aromatic carbocycles. The second kappa shape index (κ2) is 5.52. The van der Waals surface area contributed by atoms with Crippen LogP contribution in [-0.2, 0) is 0 Å². The van der Waals surface area contributed by atoms with Crippen LogP contribution in [0.5, 0.6) is 0 Å². The zero-order chi connectivity index (χ0) is 14.1. The van der Waals surface area contributed by atoms with E-state index in [2.05, 4.69) is 21.8 Å². The van der Waals surface area contributed by atoms with Crippen LogP contribution in [0.15, 0.2) is 18.5 Å². The number of pyridine rings is 1. The topological polar surface area (TPSA) is 36.4 Å². The van der Waals surface area contributed by atoms with Crippen molar-refractivity contribution >= 4 is 5.91 Å². The van der Waals surface area contributed by atoms with Crippen LogP contribution in [0.4, 0.5) is 0 Å². The molecule has 2 aliphatic rings. The summed E-state index contributed by atoms with van der Waals surface area (Å²) in [5.74, 6) is 0.802. The van der Waals surface area contributed by atoms with Gasteiger partial charge in [-0.25, -0.2) is 0 Å². The molecule has 0 aliphatic carbocycles. The van der Waals surface area contributed by atoms with Crippen molar-refractivity contribution in [3.05, 3.63) is 29.6 Å². The van der Waals surface area contributed by atoms with Gasteiger partial charge in [0.2, 0.25) is 0 Å². The molecule has 2 bridgehead atoms. The molecule has 3 heterocycles. The van der Waals surface area contributed by atoms with E-state index in [1.165, 1.54) is 19.3 Å². The summed E-state index contributed by atoms with van der Waals surface area (Å²) >= 11 is 0. The largest absolute Gasteiger partial charge is 0.337 e. The Labute approximate surface area is 120 Å². The van der Waals surface area contributed by atoms with Gasteiger partial charge >= 0.3 is 0 Å². The predicted octanol–water partition coefficient (Wildman–Crippen LogP) is 1.95. The molecule has 3 rings (SSSR count). The first-order valence-electron chi connectivity index (χ1n) is 7.55. The van der Waals surface area contributed by atoms with Crippen molar-refractivity contribution in [2.24, 2.45) is 5.92 Å². The first-order valence-corrected chi connectivity index (χ1v) is 7.55. The number of hydrogen-bond acceptors (Lipinski definition) is 3. The lowest BCUT2D eigenvalue weighted by molar-refractivity contribution is 0.0709. The fourth-order valence-electron chi connectivity index (χ4n) is 3.58. The molecule has 0 N–H and O–H groups in total. The predicted molar refractivity (Wildman–Crippen MR) is 78.6 cm³/mol. The van der Waals surface area contributed by atoms with E-state index >= 15 is 0 Å². The van der Waals surface area contributed by atoms with E-state index in [4.69, 9.17) is 0 Å². The van der Waals surface area contributed by atoms with Crippen molar-refractivity contribution in [3.63, 3.8) is 0 Å². The SMILES string of the molecule is Cc1cnccc1C(=O)N1C[C@H]2CCC[C@@H](C1)N(C)C2. The third-order valence-electron chi connectivity index (χ3n) is 4.77. The Morgan fingerprint density at radius 1 is 1.30 bits per heavy atom. The lowest BCUT2D eigenvalue weighted by Crippen LogP contribution is -2.42. The van der Waals surface area contributed by atoms with Crippen LogP contribution < -0.4 is 0 Å². The van der Waals surface area contributed by atoms with E-state index < -0.39 is 0 Å². The van der Waals surface area contributed by atoms with Crippen molar-refractivity contribution in [2.75, 3.05) is 26.7 Å². The smallest absolute Gasteiger partial charge is 0.254 e. The monoisotopic (exact) mass is 273 g/mol. The van der Waals surface area contributed by atoms with Gasteiger partial charge in [-0.1, -0.05) is 6.42 Å². The number of amides is 1. The molecule has 1 amide bonds. The highest BCUT2D eigenvalue weighted by Gasteiger charge is 2.33. The summed E-state index contributed by atoms with van der Waals surface area (Å²) in [6.07, 6.45) is 7.26. The molecule has 0 spiro atoms. The van der Waals surface area contributed by atoms with Crippen LogP contribution in [0.1, 0.15) is 35.2 Å². The third-order valence-corrected chi connectivity index (χ3v) is 4.77. The first-order chi connectivity index (χ1) is 9.65. The maximum absolute atomic E-state index is 12.8. The number of likely N-dealkylation sites (N-methyl/N-ethyl adjacent to an activating group) is 1. The molecular weight excluding hydrogens is 250 g/mol. The number of aromatic nitrogens is 1. The van der Waals surface area contributed by atoms with Crippen LogP contribution in [0, 0.1) is 12.8 Å². The molecule has 108 valence electrons. The Kier molecular flexibility index (Phi) is 3.74. The summed E-state index contributed by atoms with van der Waals surface area (Å²) < 4.78 is 0. The van der Waals surface area contributed by atoms with E-state index in [0.29, 0.717) is 12.0 Å². The third kappa shape index (κ3) is 2.57. The average molecular weight is 273 g/mol. The maximum atomic E-state index is 12.8. The van der Waals surface area contributed by atoms with Crippen molar-refractivity contribution in [1.82, 2.24) is 14.8 Å². The fourth-order valence-corrected chi connectivity index (χ4v) is 3.58. The lowest BCUT2D eigenvalue weighted by Gasteiger charge is -2.30. The molecule has 20 heavy (non-hydrogen) atoms. The minimum atomic E-state index is 0.178. The van der Waals surface area contributed by atoms with E-state index in [9.17, 15) is 4.79 Å². The Bertz CT molecular complexity index is 502. The van der Waals surface area contributed by atoms with Gasteiger partial charge in [0, 0.05) is 43.6 Å². The fraction of sp³-hybridized carbons (Fsp3) is 0.625. The van der Waals surface area contributed by atoms with Crippen molar-refractivity contribution in [1.29, 1.82) is 0 Å². The van der Waals surface area contributed by atoms with Crippen LogP contribution in [0.25, 0.3) is 0 Å². The standard InChI is InChI=1S/C16H23N3O/c1-12-8-17-7-6-15(12)16(20)19-10-13-4-3-5-14(11-19)18(2)9-13/h6-8,13-14H,3-5,9-11H2,1-2H3/t13-,14-/m0/s1. The second-order valence-corrected chi connectivity index (χ2v) is 6.29. The molecule has 0 radical (unpaired) electrons. The zero-order valence-corrected chi connectivity index (χ0v) is 12.4. The molecule has 4 heteroatoms. The van der Waals surface area contributed by atoms with E-state index in [1.54, 1.807) is 12.4 Å². The van der Waals surface area contributed by atoms with E-state index in [0.717, 1.165) is 30.8 Å². The van der Waals surface area contributed by atoms with Crippen molar-refractivity contribution < 1.29 is 4.79 Å². The number of fused-ring (bicyclic) bond motifs is 3. The minimum absolute atomic E-state index is 0.178. The molecule has 2 saturated heterocycles. The zero-order valence-electron chi connectivity index (χ0n) is 12.4. The van der Waals surface area contributed by atoms with Gasteiger partial charge in [0.1, 0.15) is 0 Å². The van der Waals surface area contributed by atoms with Gasteiger partial charge in [-0.3, -0.25) is 9.78 Å². The van der Waals surface area contributed by atoms with E-state index in [-0.39, 0.29) is 5.91 Å². The summed E-state index contributed by atoms with van der Waals surface area (Å²) in [4.78, 5) is 21.4. The molecule has 0 saturated carbocycles. The summed E-state index contributed by atoms with van der Waals surface area (Å²) in [7, 11) is 2.20. The Morgan fingerprint density at radius 2 is 2.15 bits per heavy atom. The summed E-state index contributed by atoms with van der Waals surface area (Å²) in [5.41, 5.74) is 1.78. The molecule has 1 aromatic heterocycles. The van der Waals surface area contributed by atoms with Crippen molar-refractivity contribution in [3.8, 4) is 0 Å². The summed E-state index contributed by atoms with van der Waals surface area (Å²) in [5, 5.41) is 0. The van der Waals surface area contributed by atoms with Gasteiger partial charge in [0.05, 0.1) is 0 Å². The van der Waals surface area contributed by atoms with Gasteiger partial charge in [0.15, 0.2) is 0 Å². The van der Waals surface area contributed by atoms with Crippen LogP contribution >= 0.6 is 0 Å². The lowest BCUT2D eigenvalue weighted by atomic mass is 9.99. The van der Waals surface area contributed by atoms with Gasteiger partial charge in [-0.2, -0.15) is 0 Å². The second-order valence-electron chi connectivity index (χ2n) is 6.29. The van der Waals surface area contributed by atoms with Crippen LogP contribution in [0.2, 0.25) is 0 Å². The minimum Gasteiger partial charge on any atom is -0.337 e. The molecule has 2 atom stereocenters.